The maximum Gasteiger partial charge on any atom is 0.158 e. The van der Waals surface area contributed by atoms with E-state index in [1.54, 1.807) is 0 Å². The van der Waals surface area contributed by atoms with Gasteiger partial charge in [0.25, 0.3) is 0 Å². The Labute approximate surface area is 63.2 Å². The Morgan fingerprint density at radius 3 is 2.45 bits per heavy atom. The minimum absolute atomic E-state index is 0.0380. The van der Waals surface area contributed by atoms with Crippen molar-refractivity contribution in [1.29, 1.82) is 0 Å². The van der Waals surface area contributed by atoms with E-state index in [9.17, 15) is 0 Å². The van der Waals surface area contributed by atoms with Crippen molar-refractivity contribution in [2.75, 3.05) is 6.61 Å². The number of aliphatic hydroxyl groups is 4. The maximum absolute atomic E-state index is 9.07. The molecule has 3 atom stereocenters. The molecule has 0 radical (unpaired) electrons. The zero-order chi connectivity index (χ0) is 8.43. The summed E-state index contributed by atoms with van der Waals surface area (Å²) >= 11 is 0. The van der Waals surface area contributed by atoms with Gasteiger partial charge in [-0.2, -0.15) is 0 Å². The maximum atomic E-state index is 9.07. The topological polar surface area (TPSA) is 90.2 Å². The highest BCUT2D eigenvalue weighted by Gasteiger charge is 2.37. The van der Waals surface area contributed by atoms with Crippen LogP contribution in [0.25, 0.3) is 0 Å². The van der Waals surface area contributed by atoms with E-state index in [1.165, 1.54) is 0 Å². The Hall–Kier alpha value is -0.780. The number of rotatable bonds is 1. The molecule has 0 aliphatic carbocycles. The zero-order valence-electron chi connectivity index (χ0n) is 5.71. The first-order chi connectivity index (χ1) is 5.16. The quantitative estimate of drug-likeness (QED) is 0.374. The lowest BCUT2D eigenvalue weighted by Crippen LogP contribution is -2.31. The molecule has 5 heteroatoms. The lowest BCUT2D eigenvalue weighted by atomic mass is 10.1. The Bertz CT molecular complexity index is 166. The molecular weight excluding hydrogens is 152 g/mol. The first kappa shape index (κ1) is 8.32. The third-order valence-electron chi connectivity index (χ3n) is 1.57. The minimum atomic E-state index is -1.17. The minimum Gasteiger partial charge on any atom is -0.512 e. The summed E-state index contributed by atoms with van der Waals surface area (Å²) in [5.41, 5.74) is 0. The first-order valence-electron chi connectivity index (χ1n) is 3.17. The first-order valence-corrected chi connectivity index (χ1v) is 3.17. The van der Waals surface area contributed by atoms with Gasteiger partial charge in [0.05, 0.1) is 6.61 Å². The van der Waals surface area contributed by atoms with Crippen LogP contribution in [0.2, 0.25) is 0 Å². The van der Waals surface area contributed by atoms with E-state index in [4.69, 9.17) is 25.2 Å². The second kappa shape index (κ2) is 3.08. The molecule has 0 spiro atoms. The molecule has 11 heavy (non-hydrogen) atoms. The van der Waals surface area contributed by atoms with E-state index in [0.29, 0.717) is 6.26 Å². The second-order valence-corrected chi connectivity index (χ2v) is 2.37. The number of hydrogen-bond donors (Lipinski definition) is 4. The van der Waals surface area contributed by atoms with Crippen molar-refractivity contribution in [2.24, 2.45) is 0 Å². The summed E-state index contributed by atoms with van der Waals surface area (Å²) in [7, 11) is 0. The molecule has 0 bridgehead atoms. The number of hydrogen-bond acceptors (Lipinski definition) is 5. The van der Waals surface area contributed by atoms with Crippen LogP contribution < -0.4 is 0 Å². The highest BCUT2D eigenvalue weighted by atomic mass is 16.5. The van der Waals surface area contributed by atoms with Gasteiger partial charge in [0.2, 0.25) is 0 Å². The lowest BCUT2D eigenvalue weighted by Gasteiger charge is -2.12. The Morgan fingerprint density at radius 1 is 1.45 bits per heavy atom. The van der Waals surface area contributed by atoms with Gasteiger partial charge in [0, 0.05) is 0 Å². The molecule has 0 amide bonds. The van der Waals surface area contributed by atoms with E-state index in [1.807, 2.05) is 0 Å². The summed E-state index contributed by atoms with van der Waals surface area (Å²) in [4.78, 5) is 0. The summed E-state index contributed by atoms with van der Waals surface area (Å²) in [5.74, 6) is -0.478. The average Bonchev–Trinajstić information content (AvgIpc) is 2.32. The molecule has 0 aromatic heterocycles. The molecule has 0 aromatic rings. The molecule has 1 heterocycles. The molecular formula is C6H10O5. The Balaban J connectivity index is 2.62. The molecule has 3 unspecified atom stereocenters. The van der Waals surface area contributed by atoms with Crippen LogP contribution in [0, 0.1) is 0 Å². The van der Waals surface area contributed by atoms with Gasteiger partial charge >= 0.3 is 0 Å². The molecule has 5 nitrogen and oxygen atoms in total. The van der Waals surface area contributed by atoms with Gasteiger partial charge in [-0.3, -0.25) is 0 Å². The van der Waals surface area contributed by atoms with Crippen molar-refractivity contribution in [3.8, 4) is 0 Å². The van der Waals surface area contributed by atoms with Gasteiger partial charge in [0.1, 0.15) is 24.6 Å². The third-order valence-corrected chi connectivity index (χ3v) is 1.57. The summed E-state index contributed by atoms with van der Waals surface area (Å²) in [6.07, 6.45) is -2.73. The van der Waals surface area contributed by atoms with Crippen molar-refractivity contribution in [3.05, 3.63) is 12.0 Å². The largest absolute Gasteiger partial charge is 0.512 e. The van der Waals surface area contributed by atoms with Gasteiger partial charge in [0.15, 0.2) is 5.76 Å². The molecule has 1 aliphatic rings. The van der Waals surface area contributed by atoms with Crippen LogP contribution in [0.5, 0.6) is 0 Å². The van der Waals surface area contributed by atoms with Crippen LogP contribution >= 0.6 is 0 Å². The lowest BCUT2D eigenvalue weighted by molar-refractivity contribution is 0.0201. The smallest absolute Gasteiger partial charge is 0.158 e. The van der Waals surface area contributed by atoms with Crippen LogP contribution in [0.1, 0.15) is 0 Å². The van der Waals surface area contributed by atoms with Crippen LogP contribution in [0.4, 0.5) is 0 Å². The van der Waals surface area contributed by atoms with Crippen molar-refractivity contribution < 1.29 is 25.2 Å². The fourth-order valence-corrected chi connectivity index (χ4v) is 0.935. The molecule has 1 saturated heterocycles. The normalized spacial score (nSPS) is 39.5. The summed E-state index contributed by atoms with van der Waals surface area (Å²) < 4.78 is 4.75. The number of aliphatic hydroxyl groups excluding tert-OH is 4. The van der Waals surface area contributed by atoms with Gasteiger partial charge in [-0.05, 0) is 0 Å². The van der Waals surface area contributed by atoms with Crippen LogP contribution in [-0.2, 0) is 4.74 Å². The monoisotopic (exact) mass is 162 g/mol. The molecule has 1 aliphatic heterocycles. The third kappa shape index (κ3) is 1.45. The van der Waals surface area contributed by atoms with Gasteiger partial charge in [-0.25, -0.2) is 0 Å². The van der Waals surface area contributed by atoms with E-state index in [-0.39, 0.29) is 6.61 Å². The Kier molecular flexibility index (Phi) is 2.33. The summed E-state index contributed by atoms with van der Waals surface area (Å²) in [6, 6.07) is 0. The Morgan fingerprint density at radius 2 is 2.09 bits per heavy atom. The second-order valence-electron chi connectivity index (χ2n) is 2.37. The van der Waals surface area contributed by atoms with E-state index in [0.717, 1.165) is 0 Å². The molecule has 4 N–H and O–H groups in total. The van der Waals surface area contributed by atoms with Crippen molar-refractivity contribution >= 4 is 0 Å². The predicted octanol–water partition coefficient (Wildman–Crippen LogP) is -0.936. The SMILES string of the molecule is O/C=C(/O)C1OCC(O)C1O. The molecule has 1 rings (SSSR count). The van der Waals surface area contributed by atoms with Gasteiger partial charge in [-0.15, -0.1) is 0 Å². The molecule has 64 valence electrons. The van der Waals surface area contributed by atoms with Crippen molar-refractivity contribution in [2.45, 2.75) is 18.3 Å². The van der Waals surface area contributed by atoms with Crippen LogP contribution in [0.15, 0.2) is 12.0 Å². The fraction of sp³-hybridized carbons (Fsp3) is 0.667. The van der Waals surface area contributed by atoms with E-state index < -0.39 is 24.1 Å². The van der Waals surface area contributed by atoms with Crippen molar-refractivity contribution in [3.63, 3.8) is 0 Å². The fourth-order valence-electron chi connectivity index (χ4n) is 0.935. The summed E-state index contributed by atoms with van der Waals surface area (Å²) in [6.45, 7) is -0.0380. The highest BCUT2D eigenvalue weighted by molar-refractivity contribution is 5.02. The standard InChI is InChI=1S/C6H10O5/c7-1-3(8)6-5(10)4(9)2-11-6/h1,4-10H,2H2/b3-1+. The predicted molar refractivity (Wildman–Crippen MR) is 35.1 cm³/mol. The van der Waals surface area contributed by atoms with E-state index in [2.05, 4.69) is 0 Å². The molecule has 1 fully saturated rings. The van der Waals surface area contributed by atoms with Gasteiger partial charge < -0.3 is 25.2 Å². The molecule has 0 saturated carbocycles. The van der Waals surface area contributed by atoms with Crippen molar-refractivity contribution in [1.82, 2.24) is 0 Å². The van der Waals surface area contributed by atoms with Crippen LogP contribution in [-0.4, -0.2) is 45.3 Å². The average molecular weight is 162 g/mol. The molecule has 0 aromatic carbocycles. The van der Waals surface area contributed by atoms with Gasteiger partial charge in [-0.1, -0.05) is 0 Å². The van der Waals surface area contributed by atoms with E-state index >= 15 is 0 Å². The zero-order valence-corrected chi connectivity index (χ0v) is 5.71. The highest BCUT2D eigenvalue weighted by Crippen LogP contribution is 2.18. The summed E-state index contributed by atoms with van der Waals surface area (Å²) in [5, 5.41) is 35.2. The number of ether oxygens (including phenoxy) is 1. The van der Waals surface area contributed by atoms with Crippen LogP contribution in [0.3, 0.4) is 0 Å².